The number of pyridine rings is 1. The van der Waals surface area contributed by atoms with Crippen molar-refractivity contribution in [2.24, 2.45) is 5.92 Å². The maximum absolute atomic E-state index is 13.3. The molecule has 184 valence electrons. The van der Waals surface area contributed by atoms with Crippen LogP contribution < -0.4 is 10.1 Å². The lowest BCUT2D eigenvalue weighted by atomic mass is 9.87. The topological polar surface area (TPSA) is 116 Å². The predicted molar refractivity (Wildman–Crippen MR) is 119 cm³/mol. The third-order valence-corrected chi connectivity index (χ3v) is 5.88. The number of halogens is 2. The van der Waals surface area contributed by atoms with Crippen LogP contribution in [0.3, 0.4) is 0 Å². The van der Waals surface area contributed by atoms with Gasteiger partial charge in [0.25, 0.3) is 5.89 Å². The Morgan fingerprint density at radius 3 is 2.57 bits per heavy atom. The zero-order valence-corrected chi connectivity index (χ0v) is 19.2. The number of ketones is 1. The Morgan fingerprint density at radius 1 is 1.11 bits per heavy atom. The Balaban J connectivity index is 1.33. The number of methoxy groups -OCH3 is 1. The summed E-state index contributed by atoms with van der Waals surface area (Å²) in [6.07, 6.45) is 4.40. The van der Waals surface area contributed by atoms with Gasteiger partial charge in [0.15, 0.2) is 11.6 Å². The summed E-state index contributed by atoms with van der Waals surface area (Å²) in [5.41, 5.74) is 1.68. The lowest BCUT2D eigenvalue weighted by molar-refractivity contribution is -0.147. The average Bonchev–Trinajstić information content (AvgIpc) is 3.32. The normalized spacial score (nSPS) is 17.6. The number of esters is 1. The summed E-state index contributed by atoms with van der Waals surface area (Å²) >= 11 is 0. The first kappa shape index (κ1) is 24.2. The van der Waals surface area contributed by atoms with Crippen molar-refractivity contribution >= 4 is 23.5 Å². The minimum atomic E-state index is -1.03. The number of aromatic nitrogens is 3. The second-order valence-corrected chi connectivity index (χ2v) is 8.33. The van der Waals surface area contributed by atoms with Crippen LogP contribution in [0.1, 0.15) is 47.5 Å². The highest BCUT2D eigenvalue weighted by Crippen LogP contribution is 2.28. The van der Waals surface area contributed by atoms with Crippen molar-refractivity contribution in [1.82, 2.24) is 15.2 Å². The highest BCUT2D eigenvalue weighted by atomic mass is 19.2. The van der Waals surface area contributed by atoms with Gasteiger partial charge in [-0.05, 0) is 55.9 Å². The summed E-state index contributed by atoms with van der Waals surface area (Å²) in [5.74, 6) is -2.47. The van der Waals surface area contributed by atoms with Crippen LogP contribution in [-0.4, -0.2) is 40.1 Å². The first-order valence-corrected chi connectivity index (χ1v) is 11.1. The first-order chi connectivity index (χ1) is 16.8. The molecule has 0 aliphatic heterocycles. The van der Waals surface area contributed by atoms with E-state index in [0.717, 1.165) is 30.5 Å². The Hall–Kier alpha value is -3.89. The largest absolute Gasteiger partial charge is 0.474 e. The molecule has 35 heavy (non-hydrogen) atoms. The second-order valence-electron chi connectivity index (χ2n) is 8.33. The van der Waals surface area contributed by atoms with Gasteiger partial charge in [-0.3, -0.25) is 9.59 Å². The lowest BCUT2D eigenvalue weighted by Gasteiger charge is -2.27. The van der Waals surface area contributed by atoms with Crippen LogP contribution in [0.25, 0.3) is 0 Å². The van der Waals surface area contributed by atoms with Crippen LogP contribution in [0, 0.1) is 24.5 Å². The smallest absolute Gasteiger partial charge is 0.320 e. The molecule has 1 aliphatic carbocycles. The molecule has 1 saturated carbocycles. The second kappa shape index (κ2) is 10.6. The maximum atomic E-state index is 13.3. The van der Waals surface area contributed by atoms with Crippen molar-refractivity contribution in [3.63, 3.8) is 0 Å². The van der Waals surface area contributed by atoms with Gasteiger partial charge in [-0.2, -0.15) is 0 Å². The van der Waals surface area contributed by atoms with Crippen LogP contribution in [0.4, 0.5) is 20.5 Å². The average molecular weight is 486 g/mol. The summed E-state index contributed by atoms with van der Waals surface area (Å²) in [7, 11) is 1.40. The number of hydrogen-bond acceptors (Lipinski definition) is 9. The van der Waals surface area contributed by atoms with Crippen LogP contribution in [-0.2, 0) is 16.0 Å². The van der Waals surface area contributed by atoms with E-state index in [-0.39, 0.29) is 42.0 Å². The molecule has 0 unspecified atom stereocenters. The molecule has 0 radical (unpaired) electrons. The lowest BCUT2D eigenvalue weighted by Crippen LogP contribution is -2.28. The van der Waals surface area contributed by atoms with Crippen molar-refractivity contribution in [1.29, 1.82) is 0 Å². The third-order valence-electron chi connectivity index (χ3n) is 5.88. The van der Waals surface area contributed by atoms with E-state index in [4.69, 9.17) is 13.9 Å². The van der Waals surface area contributed by atoms with Gasteiger partial charge in [0, 0.05) is 30.4 Å². The summed E-state index contributed by atoms with van der Waals surface area (Å²) < 4.78 is 42.5. The minimum Gasteiger partial charge on any atom is -0.474 e. The summed E-state index contributed by atoms with van der Waals surface area (Å²) in [5, 5.41) is 10.1. The number of rotatable bonds is 8. The van der Waals surface area contributed by atoms with E-state index < -0.39 is 17.4 Å². The third kappa shape index (κ3) is 5.97. The number of nitrogens with one attached hydrogen (secondary N) is 1. The standard InChI is InChI=1S/C24H24F2N4O5/c1-13-9-21(34-17-6-3-14(4-7-17)23(32)33-2)27-12-15(13)10-20(31)22-29-30-24(35-22)28-16-5-8-18(25)19(26)11-16/h5,8-9,11-12,14,17H,3-4,6-7,10H2,1-2H3,(H,28,30). The number of anilines is 2. The molecule has 0 amide bonds. The molecule has 9 nitrogen and oxygen atoms in total. The van der Waals surface area contributed by atoms with Crippen molar-refractivity contribution < 1.29 is 32.3 Å². The molecule has 2 heterocycles. The summed E-state index contributed by atoms with van der Waals surface area (Å²) in [6, 6.07) is 4.83. The van der Waals surface area contributed by atoms with E-state index in [2.05, 4.69) is 20.5 Å². The molecule has 2 aromatic heterocycles. The molecule has 1 fully saturated rings. The number of carbonyl (C=O) groups excluding carboxylic acids is 2. The molecule has 0 bridgehead atoms. The molecule has 1 aromatic carbocycles. The van der Waals surface area contributed by atoms with E-state index in [1.807, 2.05) is 6.92 Å². The SMILES string of the molecule is COC(=O)C1CCC(Oc2cc(C)c(CC(=O)c3nnc(Nc4ccc(F)c(F)c4)o3)cn2)CC1. The molecule has 0 spiro atoms. The number of ether oxygens (including phenoxy) is 2. The number of benzene rings is 1. The fourth-order valence-corrected chi connectivity index (χ4v) is 3.89. The number of aryl methyl sites for hydroxylation is 1. The van der Waals surface area contributed by atoms with Crippen molar-refractivity contribution in [3.8, 4) is 5.88 Å². The van der Waals surface area contributed by atoms with Gasteiger partial charge in [0.2, 0.25) is 11.7 Å². The summed E-state index contributed by atoms with van der Waals surface area (Å²) in [4.78, 5) is 28.6. The summed E-state index contributed by atoms with van der Waals surface area (Å²) in [6.45, 7) is 1.84. The van der Waals surface area contributed by atoms with Gasteiger partial charge in [-0.1, -0.05) is 5.10 Å². The predicted octanol–water partition coefficient (Wildman–Crippen LogP) is 4.33. The van der Waals surface area contributed by atoms with Crippen molar-refractivity contribution in [2.45, 2.75) is 45.1 Å². The molecule has 1 aliphatic rings. The van der Waals surface area contributed by atoms with Gasteiger partial charge >= 0.3 is 12.0 Å². The maximum Gasteiger partial charge on any atom is 0.320 e. The molecular formula is C24H24F2N4O5. The fourth-order valence-electron chi connectivity index (χ4n) is 3.89. The van der Waals surface area contributed by atoms with Crippen LogP contribution in [0.15, 0.2) is 34.9 Å². The van der Waals surface area contributed by atoms with Gasteiger partial charge < -0.3 is 19.2 Å². The zero-order valence-electron chi connectivity index (χ0n) is 19.2. The fraction of sp³-hybridized carbons (Fsp3) is 0.375. The molecule has 0 saturated heterocycles. The molecule has 0 atom stereocenters. The Labute approximate surface area is 199 Å². The number of carbonyl (C=O) groups is 2. The molecule has 4 rings (SSSR count). The van der Waals surface area contributed by atoms with E-state index in [9.17, 15) is 18.4 Å². The van der Waals surface area contributed by atoms with Gasteiger partial charge in [-0.15, -0.1) is 5.10 Å². The highest BCUT2D eigenvalue weighted by Gasteiger charge is 2.28. The van der Waals surface area contributed by atoms with Crippen molar-refractivity contribution in [2.75, 3.05) is 12.4 Å². The highest BCUT2D eigenvalue weighted by molar-refractivity contribution is 5.93. The van der Waals surface area contributed by atoms with Gasteiger partial charge in [-0.25, -0.2) is 13.8 Å². The Bertz CT molecular complexity index is 1220. The van der Waals surface area contributed by atoms with Crippen LogP contribution in [0.5, 0.6) is 5.88 Å². The zero-order chi connectivity index (χ0) is 24.9. The van der Waals surface area contributed by atoms with E-state index >= 15 is 0 Å². The number of Topliss-reactive ketones (excluding diaryl/α,β-unsaturated/α-hetero) is 1. The monoisotopic (exact) mass is 486 g/mol. The van der Waals surface area contributed by atoms with Gasteiger partial charge in [0.05, 0.1) is 13.0 Å². The van der Waals surface area contributed by atoms with E-state index in [0.29, 0.717) is 24.3 Å². The molecule has 11 heteroatoms. The minimum absolute atomic E-state index is 0.0177. The first-order valence-electron chi connectivity index (χ1n) is 11.1. The molecule has 3 aromatic rings. The van der Waals surface area contributed by atoms with E-state index in [1.165, 1.54) is 13.2 Å². The van der Waals surface area contributed by atoms with Crippen LogP contribution in [0.2, 0.25) is 0 Å². The number of hydrogen-bond donors (Lipinski definition) is 1. The van der Waals surface area contributed by atoms with Crippen molar-refractivity contribution in [3.05, 3.63) is 59.1 Å². The quantitative estimate of drug-likeness (QED) is 0.367. The number of nitrogens with zero attached hydrogens (tertiary/aromatic N) is 3. The molecular weight excluding hydrogens is 462 g/mol. The Kier molecular flexibility index (Phi) is 7.33. The van der Waals surface area contributed by atoms with E-state index in [1.54, 1.807) is 12.3 Å². The van der Waals surface area contributed by atoms with Gasteiger partial charge in [0.1, 0.15) is 6.10 Å². The van der Waals surface area contributed by atoms with Crippen LogP contribution >= 0.6 is 0 Å². The Morgan fingerprint density at radius 2 is 1.89 bits per heavy atom. The molecule has 1 N–H and O–H groups in total.